The molecule has 10 nitrogen and oxygen atoms in total. The van der Waals surface area contributed by atoms with Gasteiger partial charge in [0.15, 0.2) is 5.69 Å². The predicted molar refractivity (Wildman–Crippen MR) is 123 cm³/mol. The molecule has 0 spiro atoms. The van der Waals surface area contributed by atoms with Crippen LogP contribution in [0.4, 0.5) is 5.82 Å². The average molecular weight is 438 g/mol. The molecule has 0 unspecified atom stereocenters. The zero-order valence-corrected chi connectivity index (χ0v) is 17.5. The van der Waals surface area contributed by atoms with Crippen molar-refractivity contribution in [3.8, 4) is 17.1 Å². The Bertz CT molecular complexity index is 1480. The molecular formula is C23H18N8O2. The number of carbonyl (C=O) groups excluding carboxylic acids is 1. The van der Waals surface area contributed by atoms with Gasteiger partial charge >= 0.3 is 0 Å². The molecule has 0 atom stereocenters. The number of amides is 1. The quantitative estimate of drug-likeness (QED) is 0.318. The Morgan fingerprint density at radius 2 is 1.85 bits per heavy atom. The van der Waals surface area contributed by atoms with E-state index in [4.69, 9.17) is 10.4 Å². The molecule has 5 rings (SSSR count). The molecule has 1 amide bonds. The van der Waals surface area contributed by atoms with Crippen LogP contribution in [0.5, 0.6) is 0 Å². The molecule has 2 aromatic heterocycles. The summed E-state index contributed by atoms with van der Waals surface area (Å²) in [5.74, 6) is -0.381. The summed E-state index contributed by atoms with van der Waals surface area (Å²) >= 11 is 0. The van der Waals surface area contributed by atoms with Gasteiger partial charge in [-0.25, -0.2) is 10.1 Å². The second-order valence-corrected chi connectivity index (χ2v) is 7.31. The van der Waals surface area contributed by atoms with E-state index < -0.39 is 5.91 Å². The van der Waals surface area contributed by atoms with Crippen molar-refractivity contribution in [1.82, 2.24) is 30.7 Å². The number of nitrogen functional groups attached to an aromatic ring is 1. The molecule has 0 saturated carbocycles. The number of aromatic nitrogens is 5. The average Bonchev–Trinajstić information content (AvgIpc) is 3.45. The standard InChI is InChI=1S/C23H18N8O2/c1-14-9-11-16(12-10-14)20-19(26-30-31(20)22-21(24)28-33-29-22)23(32)27-25-13-17-7-4-6-15-5-2-3-8-18(15)17/h2-13H,1H3,(H2,24,28)(H,27,32)/b25-13-. The third-order valence-corrected chi connectivity index (χ3v) is 5.10. The van der Waals surface area contributed by atoms with Gasteiger partial charge in [-0.2, -0.15) is 9.78 Å². The molecule has 0 aliphatic heterocycles. The van der Waals surface area contributed by atoms with Gasteiger partial charge in [0.05, 0.1) is 6.21 Å². The summed E-state index contributed by atoms with van der Waals surface area (Å²) in [4.78, 5) is 13.0. The number of nitrogens with zero attached hydrogens (tertiary/aromatic N) is 6. The largest absolute Gasteiger partial charge is 0.378 e. The van der Waals surface area contributed by atoms with Crippen LogP contribution in [0.1, 0.15) is 21.6 Å². The van der Waals surface area contributed by atoms with Crippen molar-refractivity contribution in [2.75, 3.05) is 5.73 Å². The lowest BCUT2D eigenvalue weighted by Gasteiger charge is -2.06. The van der Waals surface area contributed by atoms with Crippen LogP contribution >= 0.6 is 0 Å². The van der Waals surface area contributed by atoms with E-state index in [0.717, 1.165) is 21.9 Å². The molecule has 0 fully saturated rings. The van der Waals surface area contributed by atoms with Crippen LogP contribution in [0.3, 0.4) is 0 Å². The number of hydrazone groups is 1. The maximum absolute atomic E-state index is 13.0. The van der Waals surface area contributed by atoms with Crippen molar-refractivity contribution >= 4 is 28.7 Å². The number of rotatable bonds is 5. The first kappa shape index (κ1) is 20.1. The normalized spacial score (nSPS) is 11.3. The zero-order valence-electron chi connectivity index (χ0n) is 17.5. The van der Waals surface area contributed by atoms with E-state index in [1.807, 2.05) is 73.7 Å². The van der Waals surface area contributed by atoms with Crippen LogP contribution in [0, 0.1) is 6.92 Å². The summed E-state index contributed by atoms with van der Waals surface area (Å²) in [6.45, 7) is 1.97. The van der Waals surface area contributed by atoms with Crippen molar-refractivity contribution in [3.63, 3.8) is 0 Å². The van der Waals surface area contributed by atoms with E-state index in [9.17, 15) is 4.79 Å². The fourth-order valence-electron chi connectivity index (χ4n) is 3.47. The van der Waals surface area contributed by atoms with E-state index in [2.05, 4.69) is 31.2 Å². The second-order valence-electron chi connectivity index (χ2n) is 7.31. The first-order valence-electron chi connectivity index (χ1n) is 10.0. The Kier molecular flexibility index (Phi) is 5.07. The lowest BCUT2D eigenvalue weighted by Crippen LogP contribution is -2.19. The Morgan fingerprint density at radius 3 is 2.64 bits per heavy atom. The van der Waals surface area contributed by atoms with Gasteiger partial charge in [0, 0.05) is 11.1 Å². The summed E-state index contributed by atoms with van der Waals surface area (Å²) < 4.78 is 6.01. The molecule has 0 saturated heterocycles. The number of nitrogens with one attached hydrogen (secondary N) is 1. The van der Waals surface area contributed by atoms with E-state index in [1.165, 1.54) is 4.68 Å². The fourth-order valence-corrected chi connectivity index (χ4v) is 3.47. The molecular weight excluding hydrogens is 420 g/mol. The smallest absolute Gasteiger partial charge is 0.294 e. The van der Waals surface area contributed by atoms with Gasteiger partial charge in [0.2, 0.25) is 11.6 Å². The van der Waals surface area contributed by atoms with Gasteiger partial charge in [-0.3, -0.25) is 4.79 Å². The number of aryl methyl sites for hydroxylation is 1. The lowest BCUT2D eigenvalue weighted by molar-refractivity contribution is 0.0950. The molecule has 0 bridgehead atoms. The molecule has 2 heterocycles. The van der Waals surface area contributed by atoms with Gasteiger partial charge in [0.25, 0.3) is 5.91 Å². The van der Waals surface area contributed by atoms with Crippen molar-refractivity contribution in [2.24, 2.45) is 5.10 Å². The summed E-state index contributed by atoms with van der Waals surface area (Å²) in [6.07, 6.45) is 1.59. The molecule has 3 aromatic carbocycles. The van der Waals surface area contributed by atoms with Crippen molar-refractivity contribution in [2.45, 2.75) is 6.92 Å². The first-order chi connectivity index (χ1) is 16.1. The Hall–Kier alpha value is -4.86. The van der Waals surface area contributed by atoms with Crippen LogP contribution < -0.4 is 11.2 Å². The molecule has 3 N–H and O–H groups in total. The van der Waals surface area contributed by atoms with Crippen LogP contribution in [0.15, 0.2) is 76.5 Å². The highest BCUT2D eigenvalue weighted by Gasteiger charge is 2.25. The molecule has 33 heavy (non-hydrogen) atoms. The molecule has 0 aliphatic rings. The van der Waals surface area contributed by atoms with Crippen LogP contribution in [-0.2, 0) is 0 Å². The predicted octanol–water partition coefficient (Wildman–Crippen LogP) is 3.13. The van der Waals surface area contributed by atoms with Gasteiger partial charge < -0.3 is 5.73 Å². The second kappa shape index (κ2) is 8.35. The third kappa shape index (κ3) is 3.81. The van der Waals surface area contributed by atoms with E-state index in [0.29, 0.717) is 11.3 Å². The first-order valence-corrected chi connectivity index (χ1v) is 10.0. The highest BCUT2D eigenvalue weighted by Crippen LogP contribution is 2.26. The summed E-state index contributed by atoms with van der Waals surface area (Å²) in [5, 5.41) is 21.7. The van der Waals surface area contributed by atoms with Gasteiger partial charge in [0.1, 0.15) is 5.69 Å². The van der Waals surface area contributed by atoms with E-state index >= 15 is 0 Å². The Balaban J connectivity index is 1.49. The highest BCUT2D eigenvalue weighted by atomic mass is 16.6. The number of carbonyl (C=O) groups is 1. The third-order valence-electron chi connectivity index (χ3n) is 5.10. The summed E-state index contributed by atoms with van der Waals surface area (Å²) in [7, 11) is 0. The maximum atomic E-state index is 13.0. The Labute approximate surface area is 187 Å². The fraction of sp³-hybridized carbons (Fsp3) is 0.0435. The SMILES string of the molecule is Cc1ccc(-c2c(C(=O)N/N=C\c3cccc4ccccc34)nnn2-c2nonc2N)cc1. The Morgan fingerprint density at radius 1 is 1.06 bits per heavy atom. The van der Waals surface area contributed by atoms with E-state index in [-0.39, 0.29) is 17.3 Å². The van der Waals surface area contributed by atoms with Crippen LogP contribution in [0.2, 0.25) is 0 Å². The molecule has 0 aliphatic carbocycles. The van der Waals surface area contributed by atoms with Crippen LogP contribution in [0.25, 0.3) is 27.8 Å². The lowest BCUT2D eigenvalue weighted by atomic mass is 10.1. The van der Waals surface area contributed by atoms with Crippen LogP contribution in [-0.4, -0.2) is 37.4 Å². The van der Waals surface area contributed by atoms with Gasteiger partial charge in [-0.1, -0.05) is 77.5 Å². The number of hydrogen-bond donors (Lipinski definition) is 2. The maximum Gasteiger partial charge on any atom is 0.294 e. The minimum atomic E-state index is -0.539. The zero-order chi connectivity index (χ0) is 22.8. The molecule has 0 radical (unpaired) electrons. The number of hydrogen-bond acceptors (Lipinski definition) is 8. The molecule has 10 heteroatoms. The monoisotopic (exact) mass is 438 g/mol. The molecule has 5 aromatic rings. The number of benzene rings is 3. The van der Waals surface area contributed by atoms with Crippen molar-refractivity contribution in [1.29, 1.82) is 0 Å². The van der Waals surface area contributed by atoms with E-state index in [1.54, 1.807) is 6.21 Å². The summed E-state index contributed by atoms with van der Waals surface area (Å²) in [5.41, 5.74) is 11.4. The number of nitrogens with two attached hydrogens (primary N) is 1. The van der Waals surface area contributed by atoms with Gasteiger partial charge in [-0.15, -0.1) is 5.10 Å². The van der Waals surface area contributed by atoms with Crippen molar-refractivity contribution < 1.29 is 9.42 Å². The minimum absolute atomic E-state index is 0.0224. The number of fused-ring (bicyclic) bond motifs is 1. The van der Waals surface area contributed by atoms with Crippen molar-refractivity contribution in [3.05, 3.63) is 83.6 Å². The number of anilines is 1. The highest BCUT2D eigenvalue weighted by molar-refractivity contribution is 6.01. The minimum Gasteiger partial charge on any atom is -0.378 e. The molecule has 162 valence electrons. The summed E-state index contributed by atoms with van der Waals surface area (Å²) in [6, 6.07) is 21.3. The van der Waals surface area contributed by atoms with Gasteiger partial charge in [-0.05, 0) is 28.0 Å². The topological polar surface area (TPSA) is 137 Å².